The summed E-state index contributed by atoms with van der Waals surface area (Å²) in [5.41, 5.74) is 1.17. The quantitative estimate of drug-likeness (QED) is 0.383. The zero-order chi connectivity index (χ0) is 20.4. The molecule has 0 aromatic carbocycles. The zero-order valence-corrected chi connectivity index (χ0v) is 19.8. The molecule has 0 aliphatic heterocycles. The van der Waals surface area contributed by atoms with Gasteiger partial charge >= 0.3 is 17.6 Å². The van der Waals surface area contributed by atoms with Gasteiger partial charge in [-0.25, -0.2) is 0 Å². The van der Waals surface area contributed by atoms with Crippen LogP contribution in [0.4, 0.5) is 0 Å². The Bertz CT molecular complexity index is 297. The van der Waals surface area contributed by atoms with Crippen molar-refractivity contribution in [3.8, 4) is 0 Å². The van der Waals surface area contributed by atoms with E-state index in [0.717, 1.165) is 6.42 Å². The maximum absolute atomic E-state index is 5.40. The third-order valence-corrected chi connectivity index (χ3v) is 7.49. The molecule has 0 bridgehead atoms. The van der Waals surface area contributed by atoms with Crippen molar-refractivity contribution in [1.82, 2.24) is 0 Å². The highest BCUT2D eigenvalue weighted by atomic mass is 28.4. The zero-order valence-electron chi connectivity index (χ0n) is 17.8. The van der Waals surface area contributed by atoms with Crippen LogP contribution in [0.1, 0.15) is 34.1 Å². The number of hydrogen-bond acceptors (Lipinski definition) is 6. The van der Waals surface area contributed by atoms with Crippen LogP contribution >= 0.6 is 0 Å². The molecule has 0 atom stereocenters. The highest BCUT2D eigenvalue weighted by Crippen LogP contribution is 2.08. The van der Waals surface area contributed by atoms with Gasteiger partial charge in [0.05, 0.1) is 0 Å². The largest absolute Gasteiger partial charge is 0.497 e. The summed E-state index contributed by atoms with van der Waals surface area (Å²) in [5.74, 6) is 0. The van der Waals surface area contributed by atoms with Gasteiger partial charge in [-0.15, -0.1) is 6.58 Å². The van der Waals surface area contributed by atoms with Crippen LogP contribution in [0.25, 0.3) is 0 Å². The monoisotopic (exact) mass is 396 g/mol. The number of hydrogen-bond donors (Lipinski definition) is 0. The molecule has 0 aliphatic rings. The third kappa shape index (κ3) is 19.8. The molecule has 0 saturated heterocycles. The molecule has 0 saturated carbocycles. The third-order valence-electron chi connectivity index (χ3n) is 2.82. The highest BCUT2D eigenvalue weighted by molar-refractivity contribution is 6.59. The highest BCUT2D eigenvalue weighted by Gasteiger charge is 2.33. The lowest BCUT2D eigenvalue weighted by atomic mass is 10.2. The van der Waals surface area contributed by atoms with Crippen molar-refractivity contribution in [2.45, 2.75) is 47.2 Å². The van der Waals surface area contributed by atoms with Crippen molar-refractivity contribution >= 4 is 17.6 Å². The molecule has 0 spiro atoms. The molecule has 152 valence electrons. The van der Waals surface area contributed by atoms with E-state index < -0.39 is 17.6 Å². The summed E-state index contributed by atoms with van der Waals surface area (Å²) in [7, 11) is 0.327. The van der Waals surface area contributed by atoms with Gasteiger partial charge < -0.3 is 26.6 Å². The second-order valence-electron chi connectivity index (χ2n) is 5.09. The molecule has 0 aromatic heterocycles. The van der Waals surface area contributed by atoms with Crippen molar-refractivity contribution in [3.63, 3.8) is 0 Å². The van der Waals surface area contributed by atoms with Gasteiger partial charge in [-0.05, 0) is 34.1 Å². The Morgan fingerprint density at radius 3 is 1.20 bits per heavy atom. The molecule has 0 radical (unpaired) electrons. The van der Waals surface area contributed by atoms with Gasteiger partial charge in [0.2, 0.25) is 0 Å². The number of rotatable bonds is 11. The van der Waals surface area contributed by atoms with Crippen molar-refractivity contribution < 1.29 is 26.6 Å². The van der Waals surface area contributed by atoms with E-state index in [9.17, 15) is 0 Å². The lowest BCUT2D eigenvalue weighted by molar-refractivity contribution is 0.0783. The summed E-state index contributed by atoms with van der Waals surface area (Å²) in [4.78, 5) is 0. The van der Waals surface area contributed by atoms with Gasteiger partial charge in [-0.3, -0.25) is 0 Å². The summed E-state index contributed by atoms with van der Waals surface area (Å²) in [5, 5.41) is 0. The predicted octanol–water partition coefficient (Wildman–Crippen LogP) is 4.30. The molecule has 8 heteroatoms. The van der Waals surface area contributed by atoms with E-state index in [-0.39, 0.29) is 0 Å². The minimum absolute atomic E-state index is 0.655. The van der Waals surface area contributed by atoms with Crippen LogP contribution in [0.15, 0.2) is 24.8 Å². The van der Waals surface area contributed by atoms with E-state index in [0.29, 0.717) is 19.8 Å². The first-order valence-electron chi connectivity index (χ1n) is 8.46. The van der Waals surface area contributed by atoms with Crippen LogP contribution in [0, 0.1) is 0 Å². The first-order chi connectivity index (χ1) is 11.6. The normalized spacial score (nSPS) is 10.9. The lowest BCUT2D eigenvalue weighted by Gasteiger charge is -2.23. The van der Waals surface area contributed by atoms with Crippen LogP contribution in [0.5, 0.6) is 0 Å². The Morgan fingerprint density at radius 2 is 1.12 bits per heavy atom. The van der Waals surface area contributed by atoms with Crippen molar-refractivity contribution in [2.75, 3.05) is 41.2 Å². The fourth-order valence-electron chi connectivity index (χ4n) is 1.41. The maximum atomic E-state index is 5.40. The van der Waals surface area contributed by atoms with E-state index in [1.54, 1.807) is 21.3 Å². The molecule has 0 aliphatic carbocycles. The smallest absolute Gasteiger partial charge is 0.377 e. The summed E-state index contributed by atoms with van der Waals surface area (Å²) >= 11 is 0. The van der Waals surface area contributed by atoms with Crippen LogP contribution in [-0.2, 0) is 26.6 Å². The maximum Gasteiger partial charge on any atom is 0.497 e. The summed E-state index contributed by atoms with van der Waals surface area (Å²) < 4.78 is 31.0. The minimum Gasteiger partial charge on any atom is -0.377 e. The summed E-state index contributed by atoms with van der Waals surface area (Å²) in [6.07, 6.45) is 2.79. The van der Waals surface area contributed by atoms with Gasteiger partial charge in [-0.1, -0.05) is 18.2 Å². The van der Waals surface area contributed by atoms with Gasteiger partial charge in [0, 0.05) is 54.2 Å². The molecular weight excluding hydrogens is 356 g/mol. The van der Waals surface area contributed by atoms with Crippen LogP contribution in [0.2, 0.25) is 13.1 Å². The lowest BCUT2D eigenvalue weighted by Crippen LogP contribution is -2.42. The van der Waals surface area contributed by atoms with Crippen molar-refractivity contribution in [1.29, 1.82) is 0 Å². The fraction of sp³-hybridized carbons (Fsp3) is 0.765. The Labute approximate surface area is 157 Å². The first kappa shape index (κ1) is 29.4. The minimum atomic E-state index is -2.25. The van der Waals surface area contributed by atoms with Gasteiger partial charge in [0.1, 0.15) is 0 Å². The van der Waals surface area contributed by atoms with Crippen LogP contribution < -0.4 is 0 Å². The molecule has 6 nitrogen and oxygen atoms in total. The molecule has 0 heterocycles. The Balaban J connectivity index is -0.000000306. The summed E-state index contributed by atoms with van der Waals surface area (Å²) in [6.45, 7) is 20.8. The van der Waals surface area contributed by atoms with E-state index in [1.165, 1.54) is 5.57 Å². The Hall–Kier alpha value is -0.326. The van der Waals surface area contributed by atoms with Gasteiger partial charge in [0.25, 0.3) is 0 Å². The average molecular weight is 397 g/mol. The molecule has 0 amide bonds. The van der Waals surface area contributed by atoms with E-state index in [4.69, 9.17) is 26.6 Å². The topological polar surface area (TPSA) is 55.4 Å². The predicted molar refractivity (Wildman–Crippen MR) is 109 cm³/mol. The molecule has 0 fully saturated rings. The molecule has 25 heavy (non-hydrogen) atoms. The molecular formula is C17H40O6Si2. The van der Waals surface area contributed by atoms with Crippen LogP contribution in [-0.4, -0.2) is 58.8 Å². The van der Waals surface area contributed by atoms with Gasteiger partial charge in [-0.2, -0.15) is 0 Å². The Kier molecular flexibility index (Phi) is 21.7. The fourth-order valence-corrected chi connectivity index (χ4v) is 3.73. The SMILES string of the molecule is C=CCC(=C)C.CCO[Si](C)(OCC)OCC.CO[Si](C)(OC)OC. The molecule has 0 N–H and O–H groups in total. The van der Waals surface area contributed by atoms with Crippen molar-refractivity contribution in [2.24, 2.45) is 0 Å². The molecule has 0 rings (SSSR count). The number of allylic oxidation sites excluding steroid dienone is 2. The second kappa shape index (κ2) is 18.5. The molecule has 0 aromatic rings. The van der Waals surface area contributed by atoms with Crippen molar-refractivity contribution in [3.05, 3.63) is 24.8 Å². The Morgan fingerprint density at radius 1 is 0.800 bits per heavy atom. The van der Waals surface area contributed by atoms with Crippen LogP contribution in [0.3, 0.4) is 0 Å². The van der Waals surface area contributed by atoms with E-state index in [1.807, 2.05) is 46.9 Å². The first-order valence-corrected chi connectivity index (χ1v) is 12.9. The van der Waals surface area contributed by atoms with E-state index >= 15 is 0 Å². The average Bonchev–Trinajstić information content (AvgIpc) is 2.56. The van der Waals surface area contributed by atoms with E-state index in [2.05, 4.69) is 13.2 Å². The standard InChI is InChI=1S/C7H18O3Si.C6H10.C4H12O3Si/c1-5-8-11(4,9-6-2)10-7-3;1-4-5-6(2)3;1-5-8(4,6-2)7-3/h5-7H2,1-4H3;4H,1-2,5H2,3H3;1-4H3. The summed E-state index contributed by atoms with van der Waals surface area (Å²) in [6, 6.07) is 0. The van der Waals surface area contributed by atoms with Gasteiger partial charge in [0.15, 0.2) is 0 Å². The second-order valence-corrected chi connectivity index (χ2v) is 10.6. The molecule has 0 unspecified atom stereocenters.